The largest absolute Gasteiger partial charge is 0.507 e. The van der Waals surface area contributed by atoms with Gasteiger partial charge in [-0.1, -0.05) is 11.6 Å². The van der Waals surface area contributed by atoms with Crippen molar-refractivity contribution in [3.8, 4) is 5.75 Å². The average molecular weight is 269 g/mol. The van der Waals surface area contributed by atoms with Crippen molar-refractivity contribution in [2.75, 3.05) is 19.6 Å². The van der Waals surface area contributed by atoms with Crippen LogP contribution in [0.4, 0.5) is 0 Å². The standard InChI is InChI=1S/C13H17ClN2O2/c1-13(2)8-16(6-5-15-13)12(18)10-7-9(14)3-4-11(10)17/h3-4,7,15,17H,5-6,8H2,1-2H3. The van der Waals surface area contributed by atoms with E-state index in [0.29, 0.717) is 18.1 Å². The monoisotopic (exact) mass is 268 g/mol. The Morgan fingerprint density at radius 2 is 2.22 bits per heavy atom. The summed E-state index contributed by atoms with van der Waals surface area (Å²) in [7, 11) is 0. The number of phenols is 1. The van der Waals surface area contributed by atoms with Gasteiger partial charge in [-0.25, -0.2) is 0 Å². The number of carbonyl (C=O) groups is 1. The summed E-state index contributed by atoms with van der Waals surface area (Å²) in [5.41, 5.74) is 0.155. The minimum absolute atomic E-state index is 0.0271. The van der Waals surface area contributed by atoms with Crippen molar-refractivity contribution < 1.29 is 9.90 Å². The van der Waals surface area contributed by atoms with Crippen LogP contribution in [0.1, 0.15) is 24.2 Å². The first kappa shape index (κ1) is 13.2. The van der Waals surface area contributed by atoms with Crippen molar-refractivity contribution in [1.29, 1.82) is 0 Å². The summed E-state index contributed by atoms with van der Waals surface area (Å²) in [4.78, 5) is 14.1. The van der Waals surface area contributed by atoms with Gasteiger partial charge in [-0.05, 0) is 32.0 Å². The van der Waals surface area contributed by atoms with Crippen LogP contribution in [0.25, 0.3) is 0 Å². The Morgan fingerprint density at radius 3 is 2.89 bits per heavy atom. The van der Waals surface area contributed by atoms with Crippen molar-refractivity contribution in [2.24, 2.45) is 0 Å². The molecule has 1 heterocycles. The molecule has 0 saturated carbocycles. The van der Waals surface area contributed by atoms with E-state index in [1.165, 1.54) is 12.1 Å². The van der Waals surface area contributed by atoms with Gasteiger partial charge >= 0.3 is 0 Å². The third kappa shape index (κ3) is 2.76. The van der Waals surface area contributed by atoms with Crippen molar-refractivity contribution in [1.82, 2.24) is 10.2 Å². The van der Waals surface area contributed by atoms with Gasteiger partial charge in [0.25, 0.3) is 5.91 Å². The third-order valence-corrected chi connectivity index (χ3v) is 3.28. The van der Waals surface area contributed by atoms with Crippen LogP contribution in [0, 0.1) is 0 Å². The van der Waals surface area contributed by atoms with Crippen LogP contribution < -0.4 is 5.32 Å². The molecule has 0 aliphatic carbocycles. The van der Waals surface area contributed by atoms with E-state index < -0.39 is 0 Å². The van der Waals surface area contributed by atoms with Gasteiger partial charge in [0.05, 0.1) is 5.56 Å². The Labute approximate surface area is 112 Å². The van der Waals surface area contributed by atoms with E-state index in [1.54, 1.807) is 11.0 Å². The molecule has 5 heteroatoms. The fourth-order valence-electron chi connectivity index (χ4n) is 2.16. The Balaban J connectivity index is 2.23. The molecular formula is C13H17ClN2O2. The van der Waals surface area contributed by atoms with Gasteiger partial charge in [0.2, 0.25) is 0 Å². The molecule has 1 fully saturated rings. The lowest BCUT2D eigenvalue weighted by Gasteiger charge is -2.39. The molecule has 0 aromatic heterocycles. The maximum Gasteiger partial charge on any atom is 0.257 e. The summed E-state index contributed by atoms with van der Waals surface area (Å²) in [5.74, 6) is -0.203. The number of piperazine rings is 1. The van der Waals surface area contributed by atoms with E-state index in [4.69, 9.17) is 11.6 Å². The number of amides is 1. The van der Waals surface area contributed by atoms with E-state index in [1.807, 2.05) is 13.8 Å². The van der Waals surface area contributed by atoms with Crippen LogP contribution in [0.3, 0.4) is 0 Å². The number of benzene rings is 1. The zero-order chi connectivity index (χ0) is 13.3. The van der Waals surface area contributed by atoms with E-state index in [0.717, 1.165) is 6.54 Å². The molecule has 0 bridgehead atoms. The summed E-state index contributed by atoms with van der Waals surface area (Å²) >= 11 is 5.86. The maximum absolute atomic E-state index is 12.3. The lowest BCUT2D eigenvalue weighted by molar-refractivity contribution is 0.0649. The molecule has 0 radical (unpaired) electrons. The first-order valence-electron chi connectivity index (χ1n) is 5.92. The van der Waals surface area contributed by atoms with Crippen LogP contribution in [-0.2, 0) is 0 Å². The number of hydrogen-bond donors (Lipinski definition) is 2. The summed E-state index contributed by atoms with van der Waals surface area (Å²) in [6, 6.07) is 4.52. The van der Waals surface area contributed by atoms with Gasteiger partial charge in [-0.15, -0.1) is 0 Å². The highest BCUT2D eigenvalue weighted by Crippen LogP contribution is 2.24. The second kappa shape index (κ2) is 4.78. The van der Waals surface area contributed by atoms with Crippen molar-refractivity contribution in [3.05, 3.63) is 28.8 Å². The third-order valence-electron chi connectivity index (χ3n) is 3.05. The van der Waals surface area contributed by atoms with Crippen LogP contribution in [0.15, 0.2) is 18.2 Å². The zero-order valence-electron chi connectivity index (χ0n) is 10.5. The summed E-state index contributed by atoms with van der Waals surface area (Å²) in [6.07, 6.45) is 0. The predicted octanol–water partition coefficient (Wildman–Crippen LogP) is 1.87. The fraction of sp³-hybridized carbons (Fsp3) is 0.462. The van der Waals surface area contributed by atoms with Gasteiger partial charge in [0.1, 0.15) is 5.75 Å². The molecule has 2 N–H and O–H groups in total. The normalized spacial score (nSPS) is 18.7. The molecule has 1 aliphatic rings. The molecule has 0 spiro atoms. The van der Waals surface area contributed by atoms with Crippen molar-refractivity contribution >= 4 is 17.5 Å². The molecule has 1 aromatic carbocycles. The minimum Gasteiger partial charge on any atom is -0.507 e. The highest BCUT2D eigenvalue weighted by molar-refractivity contribution is 6.31. The van der Waals surface area contributed by atoms with Crippen molar-refractivity contribution in [2.45, 2.75) is 19.4 Å². The summed E-state index contributed by atoms with van der Waals surface area (Å²) in [6.45, 7) is 6.08. The van der Waals surface area contributed by atoms with E-state index in [9.17, 15) is 9.90 Å². The molecule has 1 saturated heterocycles. The Morgan fingerprint density at radius 1 is 1.50 bits per heavy atom. The molecule has 1 aromatic rings. The maximum atomic E-state index is 12.3. The number of hydrogen-bond acceptors (Lipinski definition) is 3. The molecule has 4 nitrogen and oxygen atoms in total. The van der Waals surface area contributed by atoms with Crippen LogP contribution in [0.2, 0.25) is 5.02 Å². The SMILES string of the molecule is CC1(C)CN(C(=O)c2cc(Cl)ccc2O)CCN1. The van der Waals surface area contributed by atoms with Gasteiger partial charge < -0.3 is 15.3 Å². The molecule has 0 atom stereocenters. The number of nitrogens with zero attached hydrogens (tertiary/aromatic N) is 1. The number of phenolic OH excluding ortho intramolecular Hbond substituents is 1. The predicted molar refractivity (Wildman–Crippen MR) is 71.1 cm³/mol. The minimum atomic E-state index is -0.176. The van der Waals surface area contributed by atoms with E-state index >= 15 is 0 Å². The Kier molecular flexibility index (Phi) is 3.50. The highest BCUT2D eigenvalue weighted by atomic mass is 35.5. The number of rotatable bonds is 1. The highest BCUT2D eigenvalue weighted by Gasteiger charge is 2.30. The summed E-state index contributed by atoms with van der Waals surface area (Å²) in [5, 5.41) is 13.5. The van der Waals surface area contributed by atoms with Crippen LogP contribution in [0.5, 0.6) is 5.75 Å². The molecule has 98 valence electrons. The second-order valence-corrected chi connectivity index (χ2v) is 5.64. The molecule has 0 unspecified atom stereocenters. The summed E-state index contributed by atoms with van der Waals surface area (Å²) < 4.78 is 0. The molecule has 18 heavy (non-hydrogen) atoms. The van der Waals surface area contributed by atoms with Crippen LogP contribution >= 0.6 is 11.6 Å². The van der Waals surface area contributed by atoms with Gasteiger partial charge in [-0.3, -0.25) is 4.79 Å². The lowest BCUT2D eigenvalue weighted by Crippen LogP contribution is -2.58. The fourth-order valence-corrected chi connectivity index (χ4v) is 2.34. The van der Waals surface area contributed by atoms with Crippen LogP contribution in [-0.4, -0.2) is 41.1 Å². The number of nitrogens with one attached hydrogen (secondary N) is 1. The smallest absolute Gasteiger partial charge is 0.257 e. The zero-order valence-corrected chi connectivity index (χ0v) is 11.3. The van der Waals surface area contributed by atoms with E-state index in [2.05, 4.69) is 5.32 Å². The average Bonchev–Trinajstić information content (AvgIpc) is 2.30. The first-order valence-corrected chi connectivity index (χ1v) is 6.30. The molecule has 1 aliphatic heterocycles. The van der Waals surface area contributed by atoms with E-state index in [-0.39, 0.29) is 22.8 Å². The number of halogens is 1. The molecular weight excluding hydrogens is 252 g/mol. The van der Waals surface area contributed by atoms with Gasteiger partial charge in [0.15, 0.2) is 0 Å². The second-order valence-electron chi connectivity index (χ2n) is 5.20. The Hall–Kier alpha value is -1.26. The van der Waals surface area contributed by atoms with Gasteiger partial charge in [-0.2, -0.15) is 0 Å². The number of aromatic hydroxyl groups is 1. The lowest BCUT2D eigenvalue weighted by atomic mass is 10.0. The number of carbonyl (C=O) groups excluding carboxylic acids is 1. The first-order chi connectivity index (χ1) is 8.39. The molecule has 2 rings (SSSR count). The Bertz CT molecular complexity index is 474. The van der Waals surface area contributed by atoms with Gasteiger partial charge in [0, 0.05) is 30.2 Å². The van der Waals surface area contributed by atoms with Crippen molar-refractivity contribution in [3.63, 3.8) is 0 Å². The topological polar surface area (TPSA) is 52.6 Å². The molecule has 1 amide bonds. The quantitative estimate of drug-likeness (QED) is 0.818.